The highest BCUT2D eigenvalue weighted by atomic mass is 16.2. The first kappa shape index (κ1) is 22.5. The summed E-state index contributed by atoms with van der Waals surface area (Å²) in [5.74, 6) is 1.10. The van der Waals surface area contributed by atoms with Crippen molar-refractivity contribution >= 4 is 17.5 Å². The Balaban J connectivity index is 1.38. The first-order chi connectivity index (χ1) is 17.2. The minimum absolute atomic E-state index is 0.0669. The second-order valence-corrected chi connectivity index (χ2v) is 8.62. The van der Waals surface area contributed by atoms with Gasteiger partial charge in [0.15, 0.2) is 11.6 Å². The smallest absolute Gasteiger partial charge is 0.255 e. The number of nitrogens with zero attached hydrogens (tertiary/aromatic N) is 4. The Hall–Kier alpha value is -4.26. The van der Waals surface area contributed by atoms with Crippen LogP contribution in [0.15, 0.2) is 84.9 Å². The normalized spacial score (nSPS) is 13.4. The summed E-state index contributed by atoms with van der Waals surface area (Å²) in [6, 6.07) is 26.3. The molecule has 7 nitrogen and oxygen atoms in total. The number of anilines is 1. The summed E-state index contributed by atoms with van der Waals surface area (Å²) < 4.78 is 1.70. The Labute approximate surface area is 204 Å². The summed E-state index contributed by atoms with van der Waals surface area (Å²) in [7, 11) is 0. The van der Waals surface area contributed by atoms with Gasteiger partial charge in [0, 0.05) is 35.5 Å². The molecule has 1 saturated heterocycles. The molecule has 1 aliphatic heterocycles. The Bertz CT molecular complexity index is 1290. The van der Waals surface area contributed by atoms with Crippen molar-refractivity contribution in [1.82, 2.24) is 19.7 Å². The molecular formula is C28H27N5O2. The minimum Gasteiger partial charge on any atom is -0.341 e. The molecule has 1 N–H and O–H groups in total. The van der Waals surface area contributed by atoms with Crippen LogP contribution in [0.4, 0.5) is 5.69 Å². The van der Waals surface area contributed by atoms with Crippen molar-refractivity contribution in [2.75, 3.05) is 18.4 Å². The van der Waals surface area contributed by atoms with Gasteiger partial charge in [-0.25, -0.2) is 9.67 Å². The number of benzene rings is 3. The maximum Gasteiger partial charge on any atom is 0.255 e. The second-order valence-electron chi connectivity index (χ2n) is 8.62. The Morgan fingerprint density at radius 3 is 2.11 bits per heavy atom. The van der Waals surface area contributed by atoms with E-state index in [1.54, 1.807) is 16.8 Å². The van der Waals surface area contributed by atoms with Crippen LogP contribution in [0.1, 0.15) is 29.6 Å². The van der Waals surface area contributed by atoms with E-state index in [2.05, 4.69) is 5.32 Å². The van der Waals surface area contributed by atoms with E-state index in [9.17, 15) is 9.59 Å². The predicted molar refractivity (Wildman–Crippen MR) is 136 cm³/mol. The summed E-state index contributed by atoms with van der Waals surface area (Å²) in [4.78, 5) is 32.1. The van der Waals surface area contributed by atoms with Gasteiger partial charge in [-0.1, -0.05) is 48.5 Å². The number of carbonyl (C=O) groups is 2. The zero-order chi connectivity index (χ0) is 24.0. The first-order valence-corrected chi connectivity index (χ1v) is 11.9. The number of nitrogens with one attached hydrogen (secondary N) is 1. The molecule has 2 amide bonds. The third-order valence-corrected chi connectivity index (χ3v) is 6.13. The van der Waals surface area contributed by atoms with E-state index in [4.69, 9.17) is 10.1 Å². The van der Waals surface area contributed by atoms with Gasteiger partial charge in [-0.3, -0.25) is 9.59 Å². The molecule has 0 aliphatic carbocycles. The molecule has 0 atom stereocenters. The number of rotatable bonds is 6. The lowest BCUT2D eigenvalue weighted by molar-refractivity contribution is -0.132. The lowest BCUT2D eigenvalue weighted by atomic mass is 10.1. The van der Waals surface area contributed by atoms with E-state index in [0.29, 0.717) is 22.9 Å². The van der Waals surface area contributed by atoms with Crippen molar-refractivity contribution in [2.45, 2.75) is 25.8 Å². The number of carbonyl (C=O) groups excluding carboxylic acids is 2. The minimum atomic E-state index is -0.164. The topological polar surface area (TPSA) is 80.1 Å². The molecule has 0 spiro atoms. The van der Waals surface area contributed by atoms with E-state index in [-0.39, 0.29) is 18.4 Å². The highest BCUT2D eigenvalue weighted by Crippen LogP contribution is 2.24. The molecule has 2 heterocycles. The number of likely N-dealkylation sites (tertiary alicyclic amines) is 1. The third-order valence-electron chi connectivity index (χ3n) is 6.13. The Kier molecular flexibility index (Phi) is 6.66. The zero-order valence-corrected chi connectivity index (χ0v) is 19.4. The van der Waals surface area contributed by atoms with Gasteiger partial charge in [0.1, 0.15) is 6.54 Å². The van der Waals surface area contributed by atoms with Gasteiger partial charge in [-0.2, -0.15) is 0 Å². The molecule has 0 radical (unpaired) electrons. The van der Waals surface area contributed by atoms with Crippen LogP contribution in [0.3, 0.4) is 0 Å². The third kappa shape index (κ3) is 5.30. The number of hydrogen-bond acceptors (Lipinski definition) is 4. The SMILES string of the molecule is O=C(Nc1ccc(-c2nc(-c3ccccc3)n(CC(=O)N3CCCCC3)n2)cc1)c1ccccc1. The molecule has 0 unspecified atom stereocenters. The van der Waals surface area contributed by atoms with Gasteiger partial charge in [0.2, 0.25) is 5.91 Å². The van der Waals surface area contributed by atoms with E-state index in [1.165, 1.54) is 6.42 Å². The van der Waals surface area contributed by atoms with Gasteiger partial charge in [0.05, 0.1) is 0 Å². The maximum absolute atomic E-state index is 13.0. The van der Waals surface area contributed by atoms with Crippen molar-refractivity contribution in [3.8, 4) is 22.8 Å². The second kappa shape index (κ2) is 10.3. The summed E-state index contributed by atoms with van der Waals surface area (Å²) in [6.45, 7) is 1.76. The average molecular weight is 466 g/mol. The molecule has 35 heavy (non-hydrogen) atoms. The maximum atomic E-state index is 13.0. The summed E-state index contributed by atoms with van der Waals surface area (Å²) in [5.41, 5.74) is 3.00. The quantitative estimate of drug-likeness (QED) is 0.440. The fourth-order valence-corrected chi connectivity index (χ4v) is 4.24. The first-order valence-electron chi connectivity index (χ1n) is 11.9. The van der Waals surface area contributed by atoms with Crippen molar-refractivity contribution in [3.63, 3.8) is 0 Å². The average Bonchev–Trinajstić information content (AvgIpc) is 3.34. The molecule has 0 saturated carbocycles. The molecule has 1 aromatic heterocycles. The van der Waals surface area contributed by atoms with Crippen LogP contribution in [0.2, 0.25) is 0 Å². The lowest BCUT2D eigenvalue weighted by Gasteiger charge is -2.26. The molecule has 7 heteroatoms. The molecular weight excluding hydrogens is 438 g/mol. The van der Waals surface area contributed by atoms with Crippen molar-refractivity contribution < 1.29 is 9.59 Å². The Morgan fingerprint density at radius 1 is 0.771 bits per heavy atom. The largest absolute Gasteiger partial charge is 0.341 e. The molecule has 0 bridgehead atoms. The summed E-state index contributed by atoms with van der Waals surface area (Å²) in [6.07, 6.45) is 3.27. The van der Waals surface area contributed by atoms with E-state index in [1.807, 2.05) is 77.7 Å². The van der Waals surface area contributed by atoms with Crippen LogP contribution < -0.4 is 5.32 Å². The van der Waals surface area contributed by atoms with Crippen LogP contribution in [0.5, 0.6) is 0 Å². The van der Waals surface area contributed by atoms with Gasteiger partial charge in [-0.15, -0.1) is 5.10 Å². The van der Waals surface area contributed by atoms with Gasteiger partial charge in [-0.05, 0) is 55.7 Å². The molecule has 1 fully saturated rings. The molecule has 3 aromatic carbocycles. The van der Waals surface area contributed by atoms with E-state index >= 15 is 0 Å². The Morgan fingerprint density at radius 2 is 1.43 bits per heavy atom. The fourth-order valence-electron chi connectivity index (χ4n) is 4.24. The van der Waals surface area contributed by atoms with Gasteiger partial charge in [0.25, 0.3) is 5.91 Å². The van der Waals surface area contributed by atoms with Gasteiger partial charge >= 0.3 is 0 Å². The number of aromatic nitrogens is 3. The highest BCUT2D eigenvalue weighted by Gasteiger charge is 2.21. The number of hydrogen-bond donors (Lipinski definition) is 1. The standard InChI is InChI=1S/C28H27N5O2/c34-25(32-18-8-3-9-19-32)20-33-27(22-10-4-1-5-11-22)30-26(31-33)21-14-16-24(17-15-21)29-28(35)23-12-6-2-7-13-23/h1-2,4-7,10-17H,3,8-9,18-20H2,(H,29,35). The van der Waals surface area contributed by atoms with Crippen LogP contribution >= 0.6 is 0 Å². The van der Waals surface area contributed by atoms with Crippen LogP contribution in [0.25, 0.3) is 22.8 Å². The van der Waals surface area contributed by atoms with Crippen molar-refractivity contribution in [2.24, 2.45) is 0 Å². The van der Waals surface area contributed by atoms with Crippen LogP contribution in [0, 0.1) is 0 Å². The predicted octanol–water partition coefficient (Wildman–Crippen LogP) is 4.88. The lowest BCUT2D eigenvalue weighted by Crippen LogP contribution is -2.38. The summed E-state index contributed by atoms with van der Waals surface area (Å²) >= 11 is 0. The molecule has 4 aromatic rings. The molecule has 176 valence electrons. The van der Waals surface area contributed by atoms with E-state index < -0.39 is 0 Å². The van der Waals surface area contributed by atoms with Crippen LogP contribution in [-0.2, 0) is 11.3 Å². The highest BCUT2D eigenvalue weighted by molar-refractivity contribution is 6.04. The fraction of sp³-hybridized carbons (Fsp3) is 0.214. The van der Waals surface area contributed by atoms with Crippen molar-refractivity contribution in [1.29, 1.82) is 0 Å². The summed E-state index contributed by atoms with van der Waals surface area (Å²) in [5, 5.41) is 7.61. The van der Waals surface area contributed by atoms with E-state index in [0.717, 1.165) is 37.1 Å². The molecule has 5 rings (SSSR count). The monoisotopic (exact) mass is 465 g/mol. The van der Waals surface area contributed by atoms with Crippen LogP contribution in [-0.4, -0.2) is 44.6 Å². The van der Waals surface area contributed by atoms with Gasteiger partial charge < -0.3 is 10.2 Å². The zero-order valence-electron chi connectivity index (χ0n) is 19.4. The number of piperidine rings is 1. The number of amides is 2. The van der Waals surface area contributed by atoms with Crippen molar-refractivity contribution in [3.05, 3.63) is 90.5 Å². The molecule has 1 aliphatic rings.